The van der Waals surface area contributed by atoms with E-state index in [4.69, 9.17) is 9.47 Å². The first-order valence-corrected chi connectivity index (χ1v) is 10.2. The van der Waals surface area contributed by atoms with Crippen molar-refractivity contribution in [1.29, 1.82) is 0 Å². The van der Waals surface area contributed by atoms with Gasteiger partial charge in [-0.25, -0.2) is 4.79 Å². The van der Waals surface area contributed by atoms with Crippen LogP contribution in [-0.2, 0) is 14.3 Å². The standard InChI is InChI=1S/C20H36N4O4/c1-14-12-23(13-16(14)17(25)27-6)18(21-5)22-11-15-9-7-8-10-24(15)19(26)28-20(2,3)4/h14-16H,7-13H2,1-6H3,(H,21,22). The summed E-state index contributed by atoms with van der Waals surface area (Å²) in [6.07, 6.45) is 2.77. The number of rotatable bonds is 3. The molecule has 2 heterocycles. The summed E-state index contributed by atoms with van der Waals surface area (Å²) < 4.78 is 10.5. The van der Waals surface area contributed by atoms with Gasteiger partial charge in [0.1, 0.15) is 5.60 Å². The van der Waals surface area contributed by atoms with Crippen molar-refractivity contribution in [3.05, 3.63) is 0 Å². The van der Waals surface area contributed by atoms with E-state index in [2.05, 4.69) is 22.1 Å². The minimum atomic E-state index is -0.503. The van der Waals surface area contributed by atoms with Gasteiger partial charge in [0.25, 0.3) is 0 Å². The number of guanidine groups is 1. The summed E-state index contributed by atoms with van der Waals surface area (Å²) in [6, 6.07) is 0.0665. The van der Waals surface area contributed by atoms with Crippen LogP contribution in [0.4, 0.5) is 4.79 Å². The van der Waals surface area contributed by atoms with Crippen molar-refractivity contribution in [2.45, 2.75) is 58.6 Å². The van der Waals surface area contributed by atoms with Crippen molar-refractivity contribution in [3.63, 3.8) is 0 Å². The van der Waals surface area contributed by atoms with E-state index in [9.17, 15) is 9.59 Å². The third-order valence-electron chi connectivity index (χ3n) is 5.38. The molecule has 2 rings (SSSR count). The fourth-order valence-electron chi connectivity index (χ4n) is 3.91. The van der Waals surface area contributed by atoms with E-state index in [0.29, 0.717) is 19.6 Å². The van der Waals surface area contributed by atoms with Crippen LogP contribution < -0.4 is 5.32 Å². The predicted octanol–water partition coefficient (Wildman–Crippen LogP) is 2.09. The van der Waals surface area contributed by atoms with Gasteiger partial charge in [-0.2, -0.15) is 0 Å². The predicted molar refractivity (Wildman–Crippen MR) is 108 cm³/mol. The summed E-state index contributed by atoms with van der Waals surface area (Å²) in [4.78, 5) is 32.8. The summed E-state index contributed by atoms with van der Waals surface area (Å²) in [5.74, 6) is 0.650. The lowest BCUT2D eigenvalue weighted by molar-refractivity contribution is -0.146. The molecule has 8 nitrogen and oxygen atoms in total. The number of likely N-dealkylation sites (tertiary alicyclic amines) is 2. The maximum atomic E-state index is 12.6. The van der Waals surface area contributed by atoms with Crippen LogP contribution >= 0.6 is 0 Å². The topological polar surface area (TPSA) is 83.5 Å². The molecule has 2 saturated heterocycles. The molecule has 0 radical (unpaired) electrons. The number of nitrogens with zero attached hydrogens (tertiary/aromatic N) is 3. The Hall–Kier alpha value is -1.99. The number of hydrogen-bond acceptors (Lipinski definition) is 5. The van der Waals surface area contributed by atoms with Gasteiger partial charge in [-0.05, 0) is 46.0 Å². The molecule has 0 aromatic heterocycles. The molecule has 0 aliphatic carbocycles. The second kappa shape index (κ2) is 9.47. The highest BCUT2D eigenvalue weighted by molar-refractivity contribution is 5.82. The van der Waals surface area contributed by atoms with Crippen LogP contribution in [-0.4, -0.2) is 79.8 Å². The van der Waals surface area contributed by atoms with E-state index in [-0.39, 0.29) is 29.9 Å². The van der Waals surface area contributed by atoms with Gasteiger partial charge in [0.05, 0.1) is 19.1 Å². The first-order chi connectivity index (χ1) is 13.2. The molecule has 3 atom stereocenters. The number of methoxy groups -OCH3 is 1. The zero-order chi connectivity index (χ0) is 20.9. The van der Waals surface area contributed by atoms with Crippen LogP contribution in [0.15, 0.2) is 4.99 Å². The highest BCUT2D eigenvalue weighted by Gasteiger charge is 2.37. The second-order valence-electron chi connectivity index (χ2n) is 8.76. The monoisotopic (exact) mass is 396 g/mol. The third-order valence-corrected chi connectivity index (χ3v) is 5.38. The molecule has 2 fully saturated rings. The largest absolute Gasteiger partial charge is 0.469 e. The molecular weight excluding hydrogens is 360 g/mol. The highest BCUT2D eigenvalue weighted by atomic mass is 16.6. The van der Waals surface area contributed by atoms with Crippen LogP contribution in [0.1, 0.15) is 47.0 Å². The number of esters is 1. The Morgan fingerprint density at radius 1 is 1.21 bits per heavy atom. The fraction of sp³-hybridized carbons (Fsp3) is 0.850. The molecule has 28 heavy (non-hydrogen) atoms. The molecule has 8 heteroatoms. The quantitative estimate of drug-likeness (QED) is 0.447. The van der Waals surface area contributed by atoms with Crippen molar-refractivity contribution in [3.8, 4) is 0 Å². The molecule has 3 unspecified atom stereocenters. The number of aliphatic imine (C=N–C) groups is 1. The van der Waals surface area contributed by atoms with Crippen LogP contribution in [0.2, 0.25) is 0 Å². The number of carbonyl (C=O) groups excluding carboxylic acids is 2. The Bertz CT molecular complexity index is 587. The van der Waals surface area contributed by atoms with E-state index in [1.807, 2.05) is 25.7 Å². The molecule has 2 aliphatic rings. The average molecular weight is 397 g/mol. The van der Waals surface area contributed by atoms with Crippen LogP contribution in [0.5, 0.6) is 0 Å². The van der Waals surface area contributed by atoms with Crippen molar-refractivity contribution in [2.24, 2.45) is 16.8 Å². The minimum absolute atomic E-state index is 0.0665. The summed E-state index contributed by atoms with van der Waals surface area (Å²) in [7, 11) is 3.17. The van der Waals surface area contributed by atoms with E-state index >= 15 is 0 Å². The lowest BCUT2D eigenvalue weighted by Gasteiger charge is -2.37. The summed E-state index contributed by atoms with van der Waals surface area (Å²) in [5.41, 5.74) is -0.503. The van der Waals surface area contributed by atoms with E-state index < -0.39 is 5.60 Å². The van der Waals surface area contributed by atoms with E-state index in [0.717, 1.165) is 31.8 Å². The number of carbonyl (C=O) groups is 2. The molecule has 1 N–H and O–H groups in total. The van der Waals surface area contributed by atoms with Crippen LogP contribution in [0.3, 0.4) is 0 Å². The van der Waals surface area contributed by atoms with Crippen molar-refractivity contribution in [2.75, 3.05) is 40.3 Å². The summed E-state index contributed by atoms with van der Waals surface area (Å²) in [5, 5.41) is 3.40. The van der Waals surface area contributed by atoms with Crippen molar-refractivity contribution >= 4 is 18.0 Å². The van der Waals surface area contributed by atoms with Gasteiger partial charge in [-0.15, -0.1) is 0 Å². The molecule has 160 valence electrons. The van der Waals surface area contributed by atoms with E-state index in [1.165, 1.54) is 7.11 Å². The van der Waals surface area contributed by atoms with Gasteiger partial charge >= 0.3 is 12.1 Å². The van der Waals surface area contributed by atoms with Crippen LogP contribution in [0.25, 0.3) is 0 Å². The smallest absolute Gasteiger partial charge is 0.410 e. The first-order valence-electron chi connectivity index (χ1n) is 10.2. The minimum Gasteiger partial charge on any atom is -0.469 e. The van der Waals surface area contributed by atoms with Crippen LogP contribution in [0, 0.1) is 11.8 Å². The van der Waals surface area contributed by atoms with Gasteiger partial charge in [-0.3, -0.25) is 9.79 Å². The number of ether oxygens (including phenoxy) is 2. The highest BCUT2D eigenvalue weighted by Crippen LogP contribution is 2.24. The fourth-order valence-corrected chi connectivity index (χ4v) is 3.91. The molecule has 0 saturated carbocycles. The van der Waals surface area contributed by atoms with Crippen molar-refractivity contribution in [1.82, 2.24) is 15.1 Å². The maximum Gasteiger partial charge on any atom is 0.410 e. The van der Waals surface area contributed by atoms with Gasteiger partial charge in [-0.1, -0.05) is 6.92 Å². The number of piperidine rings is 1. The van der Waals surface area contributed by atoms with Gasteiger partial charge < -0.3 is 24.6 Å². The summed E-state index contributed by atoms with van der Waals surface area (Å²) in [6.45, 7) is 10.4. The Kier molecular flexibility index (Phi) is 7.55. The molecular formula is C20H36N4O4. The Morgan fingerprint density at radius 2 is 1.93 bits per heavy atom. The number of amides is 1. The Balaban J connectivity index is 1.96. The Morgan fingerprint density at radius 3 is 2.54 bits per heavy atom. The molecule has 0 spiro atoms. The maximum absolute atomic E-state index is 12.6. The zero-order valence-electron chi connectivity index (χ0n) is 18.2. The first kappa shape index (κ1) is 22.3. The molecule has 1 amide bonds. The molecule has 0 bridgehead atoms. The van der Waals surface area contributed by atoms with Gasteiger partial charge in [0, 0.05) is 33.2 Å². The molecule has 0 aromatic rings. The molecule has 0 aromatic carbocycles. The van der Waals surface area contributed by atoms with Crippen molar-refractivity contribution < 1.29 is 19.1 Å². The number of nitrogens with one attached hydrogen (secondary N) is 1. The lowest BCUT2D eigenvalue weighted by atomic mass is 9.99. The molecule has 2 aliphatic heterocycles. The lowest BCUT2D eigenvalue weighted by Crippen LogP contribution is -2.52. The van der Waals surface area contributed by atoms with Gasteiger partial charge in [0.2, 0.25) is 0 Å². The number of hydrogen-bond donors (Lipinski definition) is 1. The normalized spacial score (nSPS) is 26.2. The van der Waals surface area contributed by atoms with Gasteiger partial charge in [0.15, 0.2) is 5.96 Å². The third kappa shape index (κ3) is 5.75. The van der Waals surface area contributed by atoms with E-state index in [1.54, 1.807) is 7.05 Å². The SMILES string of the molecule is CN=C(NCC1CCCCN1C(=O)OC(C)(C)C)N1CC(C)C(C(=O)OC)C1. The average Bonchev–Trinajstić information content (AvgIpc) is 3.02. The zero-order valence-corrected chi connectivity index (χ0v) is 18.2. The summed E-state index contributed by atoms with van der Waals surface area (Å²) >= 11 is 0. The second-order valence-corrected chi connectivity index (χ2v) is 8.76. The Labute approximate surface area is 168 Å².